The average Bonchev–Trinajstić information content (AvgIpc) is 2.67. The van der Waals surface area contributed by atoms with Crippen LogP contribution < -0.4 is 0 Å². The van der Waals surface area contributed by atoms with Crippen LogP contribution >= 0.6 is 11.3 Å². The predicted molar refractivity (Wildman–Crippen MR) is 55.5 cm³/mol. The van der Waals surface area contributed by atoms with Crippen molar-refractivity contribution in [3.05, 3.63) is 35.1 Å². The summed E-state index contributed by atoms with van der Waals surface area (Å²) in [5.74, 6) is 0. The maximum absolute atomic E-state index is 10.5. The molecule has 0 atom stereocenters. The normalized spacial score (nSPS) is 10.1. The van der Waals surface area contributed by atoms with Crippen LogP contribution in [0.5, 0.6) is 0 Å². The first kappa shape index (κ1) is 9.02. The Hall–Kier alpha value is -1.55. The number of aryl methyl sites for hydroxylation is 1. The lowest BCUT2D eigenvalue weighted by atomic mass is 10.2. The average molecular weight is 204 g/mol. The minimum absolute atomic E-state index is 0.480. The number of nitrogens with zero attached hydrogens (tertiary/aromatic N) is 2. The zero-order valence-electron chi connectivity index (χ0n) is 7.60. The zero-order valence-corrected chi connectivity index (χ0v) is 8.41. The van der Waals surface area contributed by atoms with Gasteiger partial charge in [0.25, 0.3) is 0 Å². The Morgan fingerprint density at radius 2 is 2.36 bits per heavy atom. The zero-order chi connectivity index (χ0) is 9.97. The van der Waals surface area contributed by atoms with Crippen LogP contribution in [0.3, 0.4) is 0 Å². The van der Waals surface area contributed by atoms with Gasteiger partial charge in [0, 0.05) is 22.8 Å². The summed E-state index contributed by atoms with van der Waals surface area (Å²) >= 11 is 1.46. The molecule has 4 heteroatoms. The standard InChI is InChI=1S/C10H8N2OS/c1-7-9(3-2-4-11-7)10-12-8(5-13)6-14-10/h2-6H,1H3. The van der Waals surface area contributed by atoms with Crippen molar-refractivity contribution in [2.75, 3.05) is 0 Å². The van der Waals surface area contributed by atoms with Gasteiger partial charge in [-0.1, -0.05) is 0 Å². The monoisotopic (exact) mass is 204 g/mol. The highest BCUT2D eigenvalue weighted by Crippen LogP contribution is 2.24. The molecule has 0 unspecified atom stereocenters. The molecule has 0 saturated carbocycles. The summed E-state index contributed by atoms with van der Waals surface area (Å²) in [5, 5.41) is 2.59. The van der Waals surface area contributed by atoms with E-state index >= 15 is 0 Å². The van der Waals surface area contributed by atoms with Crippen LogP contribution in [0, 0.1) is 6.92 Å². The lowest BCUT2D eigenvalue weighted by molar-refractivity contribution is 0.111. The fourth-order valence-electron chi connectivity index (χ4n) is 1.17. The third-order valence-corrected chi connectivity index (χ3v) is 2.77. The Morgan fingerprint density at radius 1 is 1.50 bits per heavy atom. The fraction of sp³-hybridized carbons (Fsp3) is 0.100. The molecule has 70 valence electrons. The second-order valence-corrected chi connectivity index (χ2v) is 3.69. The lowest BCUT2D eigenvalue weighted by Gasteiger charge is -1.98. The molecule has 2 rings (SSSR count). The summed E-state index contributed by atoms with van der Waals surface area (Å²) in [5.41, 5.74) is 2.40. The van der Waals surface area contributed by atoms with E-state index in [1.807, 2.05) is 19.1 Å². The molecular weight excluding hydrogens is 196 g/mol. The SMILES string of the molecule is Cc1ncccc1-c1nc(C=O)cs1. The molecule has 2 aromatic rings. The molecule has 0 fully saturated rings. The molecular formula is C10H8N2OS. The number of hydrogen-bond donors (Lipinski definition) is 0. The number of carbonyl (C=O) groups excluding carboxylic acids is 1. The maximum atomic E-state index is 10.5. The van der Waals surface area contributed by atoms with Gasteiger partial charge in [-0.25, -0.2) is 4.98 Å². The van der Waals surface area contributed by atoms with E-state index < -0.39 is 0 Å². The molecule has 0 saturated heterocycles. The van der Waals surface area contributed by atoms with Crippen molar-refractivity contribution in [2.24, 2.45) is 0 Å². The van der Waals surface area contributed by atoms with E-state index in [1.54, 1.807) is 11.6 Å². The number of carbonyl (C=O) groups is 1. The van der Waals surface area contributed by atoms with Crippen molar-refractivity contribution >= 4 is 17.6 Å². The van der Waals surface area contributed by atoms with Crippen molar-refractivity contribution < 1.29 is 4.79 Å². The van der Waals surface area contributed by atoms with Gasteiger partial charge >= 0.3 is 0 Å². The summed E-state index contributed by atoms with van der Waals surface area (Å²) < 4.78 is 0. The quantitative estimate of drug-likeness (QED) is 0.705. The van der Waals surface area contributed by atoms with Crippen LogP contribution in [0.2, 0.25) is 0 Å². The Balaban J connectivity index is 2.49. The molecule has 0 spiro atoms. The number of aldehydes is 1. The van der Waals surface area contributed by atoms with Gasteiger partial charge in [-0.2, -0.15) is 0 Å². The predicted octanol–water partition coefficient (Wildman–Crippen LogP) is 2.33. The molecule has 14 heavy (non-hydrogen) atoms. The molecule has 0 aliphatic heterocycles. The molecule has 2 heterocycles. The van der Waals surface area contributed by atoms with E-state index in [4.69, 9.17) is 0 Å². The van der Waals surface area contributed by atoms with E-state index in [1.165, 1.54) is 11.3 Å². The van der Waals surface area contributed by atoms with Gasteiger partial charge in [-0.15, -0.1) is 11.3 Å². The Kier molecular flexibility index (Phi) is 2.37. The minimum Gasteiger partial charge on any atom is -0.296 e. The lowest BCUT2D eigenvalue weighted by Crippen LogP contribution is -1.86. The Labute approximate surface area is 85.5 Å². The first-order valence-electron chi connectivity index (χ1n) is 4.14. The van der Waals surface area contributed by atoms with E-state index in [0.717, 1.165) is 22.6 Å². The van der Waals surface area contributed by atoms with E-state index in [2.05, 4.69) is 9.97 Å². The van der Waals surface area contributed by atoms with Crippen molar-refractivity contribution in [2.45, 2.75) is 6.92 Å². The number of thiazole rings is 1. The molecule has 3 nitrogen and oxygen atoms in total. The summed E-state index contributed by atoms with van der Waals surface area (Å²) in [6.45, 7) is 1.93. The van der Waals surface area contributed by atoms with Crippen molar-refractivity contribution in [3.8, 4) is 10.6 Å². The molecule has 0 N–H and O–H groups in total. The highest BCUT2D eigenvalue weighted by Gasteiger charge is 2.06. The van der Waals surface area contributed by atoms with E-state index in [-0.39, 0.29) is 0 Å². The largest absolute Gasteiger partial charge is 0.296 e. The van der Waals surface area contributed by atoms with E-state index in [9.17, 15) is 4.79 Å². The van der Waals surface area contributed by atoms with Crippen LogP contribution in [-0.4, -0.2) is 16.3 Å². The Bertz CT molecular complexity index is 465. The van der Waals surface area contributed by atoms with Gasteiger partial charge in [0.2, 0.25) is 0 Å². The van der Waals surface area contributed by atoms with Crippen LogP contribution in [0.25, 0.3) is 10.6 Å². The van der Waals surface area contributed by atoms with Crippen LogP contribution in [-0.2, 0) is 0 Å². The molecule has 0 aromatic carbocycles. The number of aromatic nitrogens is 2. The van der Waals surface area contributed by atoms with Crippen LogP contribution in [0.4, 0.5) is 0 Å². The van der Waals surface area contributed by atoms with Gasteiger partial charge in [-0.05, 0) is 19.1 Å². The number of hydrogen-bond acceptors (Lipinski definition) is 4. The summed E-state index contributed by atoms with van der Waals surface area (Å²) in [6, 6.07) is 3.82. The summed E-state index contributed by atoms with van der Waals surface area (Å²) in [6.07, 6.45) is 2.50. The first-order valence-corrected chi connectivity index (χ1v) is 5.02. The van der Waals surface area contributed by atoms with Gasteiger partial charge in [-0.3, -0.25) is 9.78 Å². The van der Waals surface area contributed by atoms with Gasteiger partial charge in [0.1, 0.15) is 10.7 Å². The minimum atomic E-state index is 0.480. The third kappa shape index (κ3) is 1.56. The smallest absolute Gasteiger partial charge is 0.169 e. The topological polar surface area (TPSA) is 42.9 Å². The molecule has 0 aliphatic carbocycles. The van der Waals surface area contributed by atoms with Gasteiger partial charge in [0.15, 0.2) is 6.29 Å². The summed E-state index contributed by atoms with van der Waals surface area (Å²) in [7, 11) is 0. The molecule has 0 radical (unpaired) electrons. The van der Waals surface area contributed by atoms with Gasteiger partial charge in [0.05, 0.1) is 0 Å². The molecule has 0 amide bonds. The van der Waals surface area contributed by atoms with Crippen molar-refractivity contribution in [3.63, 3.8) is 0 Å². The highest BCUT2D eigenvalue weighted by atomic mass is 32.1. The van der Waals surface area contributed by atoms with Crippen LogP contribution in [0.1, 0.15) is 16.2 Å². The number of rotatable bonds is 2. The molecule has 2 aromatic heterocycles. The van der Waals surface area contributed by atoms with E-state index in [0.29, 0.717) is 5.69 Å². The first-order chi connectivity index (χ1) is 6.81. The second kappa shape index (κ2) is 3.67. The third-order valence-electron chi connectivity index (χ3n) is 1.88. The maximum Gasteiger partial charge on any atom is 0.169 e. The Morgan fingerprint density at radius 3 is 3.00 bits per heavy atom. The molecule has 0 bridgehead atoms. The second-order valence-electron chi connectivity index (χ2n) is 2.83. The van der Waals surface area contributed by atoms with Gasteiger partial charge < -0.3 is 0 Å². The molecule has 0 aliphatic rings. The van der Waals surface area contributed by atoms with Crippen molar-refractivity contribution in [1.82, 2.24) is 9.97 Å². The highest BCUT2D eigenvalue weighted by molar-refractivity contribution is 7.13. The number of pyridine rings is 1. The summed E-state index contributed by atoms with van der Waals surface area (Å²) in [4.78, 5) is 18.8. The fourth-order valence-corrected chi connectivity index (χ4v) is 2.02. The van der Waals surface area contributed by atoms with Crippen LogP contribution in [0.15, 0.2) is 23.7 Å². The van der Waals surface area contributed by atoms with Crippen molar-refractivity contribution in [1.29, 1.82) is 0 Å².